The first-order valence-corrected chi connectivity index (χ1v) is 9.00. The SMILES string of the molecule is COC(=O)C1CCN(C(=O)Cn2ncc3c2C[C@@H](C(=O)OC)CC3)CC1. The summed E-state index contributed by atoms with van der Waals surface area (Å²) in [4.78, 5) is 37.8. The third kappa shape index (κ3) is 3.73. The van der Waals surface area contributed by atoms with Gasteiger partial charge in [-0.3, -0.25) is 19.1 Å². The van der Waals surface area contributed by atoms with Gasteiger partial charge in [0.05, 0.1) is 32.3 Å². The zero-order valence-corrected chi connectivity index (χ0v) is 15.3. The van der Waals surface area contributed by atoms with Gasteiger partial charge in [0.25, 0.3) is 0 Å². The number of methoxy groups -OCH3 is 2. The molecule has 0 N–H and O–H groups in total. The molecule has 0 aromatic carbocycles. The van der Waals surface area contributed by atoms with E-state index >= 15 is 0 Å². The van der Waals surface area contributed by atoms with E-state index in [4.69, 9.17) is 9.47 Å². The first-order chi connectivity index (χ1) is 12.5. The molecule has 1 aromatic rings. The second-order valence-electron chi connectivity index (χ2n) is 6.92. The summed E-state index contributed by atoms with van der Waals surface area (Å²) >= 11 is 0. The lowest BCUT2D eigenvalue weighted by Crippen LogP contribution is -2.42. The quantitative estimate of drug-likeness (QED) is 0.727. The highest BCUT2D eigenvalue weighted by Gasteiger charge is 2.31. The van der Waals surface area contributed by atoms with Gasteiger partial charge in [-0.05, 0) is 31.2 Å². The molecule has 26 heavy (non-hydrogen) atoms. The number of hydrogen-bond acceptors (Lipinski definition) is 6. The fourth-order valence-electron chi connectivity index (χ4n) is 3.82. The fourth-order valence-corrected chi connectivity index (χ4v) is 3.82. The maximum absolute atomic E-state index is 12.6. The van der Waals surface area contributed by atoms with E-state index in [0.29, 0.717) is 32.4 Å². The van der Waals surface area contributed by atoms with E-state index in [0.717, 1.165) is 24.1 Å². The highest BCUT2D eigenvalue weighted by molar-refractivity contribution is 5.77. The van der Waals surface area contributed by atoms with Gasteiger partial charge in [-0.2, -0.15) is 5.10 Å². The first-order valence-electron chi connectivity index (χ1n) is 9.00. The predicted octanol–water partition coefficient (Wildman–Crippen LogP) is 0.573. The van der Waals surface area contributed by atoms with Gasteiger partial charge in [-0.1, -0.05) is 0 Å². The van der Waals surface area contributed by atoms with Crippen LogP contribution in [0, 0.1) is 11.8 Å². The Morgan fingerprint density at radius 2 is 1.73 bits per heavy atom. The molecule has 2 heterocycles. The number of esters is 2. The normalized spacial score (nSPS) is 20.4. The third-order valence-corrected chi connectivity index (χ3v) is 5.44. The van der Waals surface area contributed by atoms with Crippen molar-refractivity contribution in [2.24, 2.45) is 11.8 Å². The number of amides is 1. The topological polar surface area (TPSA) is 90.7 Å². The molecule has 3 rings (SSSR count). The van der Waals surface area contributed by atoms with Crippen LogP contribution in [0.5, 0.6) is 0 Å². The van der Waals surface area contributed by atoms with Crippen molar-refractivity contribution in [3.05, 3.63) is 17.5 Å². The van der Waals surface area contributed by atoms with Gasteiger partial charge in [0.2, 0.25) is 5.91 Å². The smallest absolute Gasteiger partial charge is 0.309 e. The summed E-state index contributed by atoms with van der Waals surface area (Å²) in [7, 11) is 2.79. The van der Waals surface area contributed by atoms with Gasteiger partial charge in [-0.25, -0.2) is 0 Å². The standard InChI is InChI=1S/C18H25N3O5/c1-25-17(23)12-5-7-20(8-6-12)16(22)11-21-15-9-13(18(24)26-2)3-4-14(15)10-19-21/h10,12-13H,3-9,11H2,1-2H3/t13-/m0/s1. The minimum absolute atomic E-state index is 0.0144. The Morgan fingerprint density at radius 3 is 2.38 bits per heavy atom. The maximum atomic E-state index is 12.6. The van der Waals surface area contributed by atoms with Crippen molar-refractivity contribution in [1.29, 1.82) is 0 Å². The van der Waals surface area contributed by atoms with Crippen LogP contribution in [0.2, 0.25) is 0 Å². The number of aryl methyl sites for hydroxylation is 1. The summed E-state index contributed by atoms with van der Waals surface area (Å²) in [5.41, 5.74) is 2.05. The number of piperidine rings is 1. The Morgan fingerprint density at radius 1 is 1.08 bits per heavy atom. The Kier molecular flexibility index (Phi) is 5.58. The highest BCUT2D eigenvalue weighted by atomic mass is 16.5. The summed E-state index contributed by atoms with van der Waals surface area (Å²) in [5.74, 6) is -0.720. The van der Waals surface area contributed by atoms with Crippen molar-refractivity contribution in [3.63, 3.8) is 0 Å². The number of ether oxygens (including phenoxy) is 2. The Balaban J connectivity index is 1.60. The number of rotatable bonds is 4. The zero-order chi connectivity index (χ0) is 18.7. The lowest BCUT2D eigenvalue weighted by molar-refractivity contribution is -0.149. The lowest BCUT2D eigenvalue weighted by Gasteiger charge is -2.31. The monoisotopic (exact) mass is 363 g/mol. The van der Waals surface area contributed by atoms with E-state index in [1.54, 1.807) is 15.8 Å². The maximum Gasteiger partial charge on any atom is 0.309 e. The van der Waals surface area contributed by atoms with Crippen LogP contribution in [0.1, 0.15) is 30.5 Å². The molecule has 1 aliphatic carbocycles. The van der Waals surface area contributed by atoms with Crippen molar-refractivity contribution >= 4 is 17.8 Å². The Hall–Kier alpha value is -2.38. The molecule has 8 nitrogen and oxygen atoms in total. The van der Waals surface area contributed by atoms with Gasteiger partial charge in [0.1, 0.15) is 6.54 Å². The van der Waals surface area contributed by atoms with Crippen LogP contribution in [0.4, 0.5) is 0 Å². The van der Waals surface area contributed by atoms with Crippen LogP contribution in [0.3, 0.4) is 0 Å². The average molecular weight is 363 g/mol. The predicted molar refractivity (Wildman–Crippen MR) is 91.1 cm³/mol. The number of hydrogen-bond donors (Lipinski definition) is 0. The van der Waals surface area contributed by atoms with Crippen LogP contribution in [-0.2, 0) is 43.2 Å². The van der Waals surface area contributed by atoms with Crippen LogP contribution in [-0.4, -0.2) is 59.8 Å². The van der Waals surface area contributed by atoms with Gasteiger partial charge in [0.15, 0.2) is 0 Å². The fraction of sp³-hybridized carbons (Fsp3) is 0.667. The Labute approximate surface area is 152 Å². The van der Waals surface area contributed by atoms with Crippen molar-refractivity contribution in [1.82, 2.24) is 14.7 Å². The molecule has 0 spiro atoms. The van der Waals surface area contributed by atoms with Crippen molar-refractivity contribution < 1.29 is 23.9 Å². The molecule has 0 unspecified atom stereocenters. The molecular weight excluding hydrogens is 338 g/mol. The number of carbonyl (C=O) groups excluding carboxylic acids is 3. The number of fused-ring (bicyclic) bond motifs is 1. The second kappa shape index (κ2) is 7.88. The van der Waals surface area contributed by atoms with Crippen LogP contribution < -0.4 is 0 Å². The number of nitrogens with zero attached hydrogens (tertiary/aromatic N) is 3. The zero-order valence-electron chi connectivity index (χ0n) is 15.3. The number of carbonyl (C=O) groups is 3. The molecule has 1 saturated heterocycles. The molecule has 0 radical (unpaired) electrons. The van der Waals surface area contributed by atoms with E-state index in [1.165, 1.54) is 14.2 Å². The van der Waals surface area contributed by atoms with Gasteiger partial charge >= 0.3 is 11.9 Å². The van der Waals surface area contributed by atoms with Gasteiger partial charge in [-0.15, -0.1) is 0 Å². The molecule has 2 aliphatic rings. The summed E-state index contributed by atoms with van der Waals surface area (Å²) in [5, 5.41) is 4.35. The second-order valence-corrected chi connectivity index (χ2v) is 6.92. The average Bonchev–Trinajstić information content (AvgIpc) is 3.08. The molecule has 1 aromatic heterocycles. The lowest BCUT2D eigenvalue weighted by atomic mass is 9.88. The summed E-state index contributed by atoms with van der Waals surface area (Å²) in [6.45, 7) is 1.26. The van der Waals surface area contributed by atoms with Gasteiger partial charge in [0, 0.05) is 25.2 Å². The molecule has 1 atom stereocenters. The van der Waals surface area contributed by atoms with Crippen molar-refractivity contribution in [2.45, 2.75) is 38.6 Å². The molecule has 8 heteroatoms. The number of likely N-dealkylation sites (tertiary alicyclic amines) is 1. The minimum Gasteiger partial charge on any atom is -0.469 e. The molecular formula is C18H25N3O5. The number of aromatic nitrogens is 2. The van der Waals surface area contributed by atoms with Crippen molar-refractivity contribution in [2.75, 3.05) is 27.3 Å². The van der Waals surface area contributed by atoms with Crippen LogP contribution >= 0.6 is 0 Å². The minimum atomic E-state index is -0.209. The van der Waals surface area contributed by atoms with E-state index < -0.39 is 0 Å². The highest BCUT2D eigenvalue weighted by Crippen LogP contribution is 2.26. The molecule has 0 bridgehead atoms. The summed E-state index contributed by atoms with van der Waals surface area (Å²) in [6, 6.07) is 0. The van der Waals surface area contributed by atoms with E-state index in [9.17, 15) is 14.4 Å². The molecule has 1 aliphatic heterocycles. The largest absolute Gasteiger partial charge is 0.469 e. The van der Waals surface area contributed by atoms with Crippen LogP contribution in [0.25, 0.3) is 0 Å². The molecule has 1 fully saturated rings. The molecule has 0 saturated carbocycles. The third-order valence-electron chi connectivity index (χ3n) is 5.44. The van der Waals surface area contributed by atoms with Crippen LogP contribution in [0.15, 0.2) is 6.20 Å². The van der Waals surface area contributed by atoms with Crippen molar-refractivity contribution in [3.8, 4) is 0 Å². The summed E-state index contributed by atoms with van der Waals surface area (Å²) in [6.07, 6.45) is 5.12. The molecule has 142 valence electrons. The summed E-state index contributed by atoms with van der Waals surface area (Å²) < 4.78 is 11.3. The van der Waals surface area contributed by atoms with E-state index in [-0.39, 0.29) is 36.2 Å². The van der Waals surface area contributed by atoms with Gasteiger partial charge < -0.3 is 14.4 Å². The van der Waals surface area contributed by atoms with E-state index in [1.807, 2.05) is 0 Å². The molecule has 1 amide bonds. The first kappa shape index (κ1) is 18.4. The Bertz CT molecular complexity index is 691. The van der Waals surface area contributed by atoms with E-state index in [2.05, 4.69) is 5.10 Å².